The quantitative estimate of drug-likeness (QED) is 0.598. The highest BCUT2D eigenvalue weighted by Crippen LogP contribution is 2.25. The molecule has 9 heteroatoms. The number of nitrogens with one attached hydrogen (secondary N) is 1. The molecule has 0 amide bonds. The Morgan fingerprint density at radius 1 is 1.35 bits per heavy atom. The zero-order valence-corrected chi connectivity index (χ0v) is 15.6. The molecule has 0 bridgehead atoms. The first-order valence-electron chi connectivity index (χ1n) is 8.21. The van der Waals surface area contributed by atoms with Crippen LogP contribution in [0.5, 0.6) is 5.88 Å². The topological polar surface area (TPSA) is 82.8 Å². The summed E-state index contributed by atoms with van der Waals surface area (Å²) in [5, 5.41) is 11.0. The Hall–Kier alpha value is -2.00. The zero-order chi connectivity index (χ0) is 18.5. The second-order valence-electron chi connectivity index (χ2n) is 5.77. The lowest BCUT2D eigenvalue weighted by Gasteiger charge is -2.25. The van der Waals surface area contributed by atoms with E-state index in [1.807, 2.05) is 0 Å². The summed E-state index contributed by atoms with van der Waals surface area (Å²) in [6.07, 6.45) is 1.37. The smallest absolute Gasteiger partial charge is 0.264 e. The van der Waals surface area contributed by atoms with Crippen LogP contribution in [0, 0.1) is 4.77 Å². The third-order valence-electron chi connectivity index (χ3n) is 4.08. The number of halogens is 1. The largest absolute Gasteiger partial charge is 0.494 e. The number of aromatic nitrogens is 2. The van der Waals surface area contributed by atoms with Crippen LogP contribution in [0.1, 0.15) is 5.56 Å². The summed E-state index contributed by atoms with van der Waals surface area (Å²) in [7, 11) is 0. The van der Waals surface area contributed by atoms with Crippen LogP contribution in [0.2, 0.25) is 5.02 Å². The highest BCUT2D eigenvalue weighted by Gasteiger charge is 2.14. The molecule has 0 atom stereocenters. The van der Waals surface area contributed by atoms with E-state index < -0.39 is 5.56 Å². The molecule has 3 rings (SSSR count). The van der Waals surface area contributed by atoms with Gasteiger partial charge in [0.25, 0.3) is 5.56 Å². The Balaban J connectivity index is 1.84. The minimum Gasteiger partial charge on any atom is -0.494 e. The van der Waals surface area contributed by atoms with Gasteiger partial charge in [-0.05, 0) is 24.4 Å². The first kappa shape index (κ1) is 18.8. The molecule has 0 aliphatic carbocycles. The molecule has 0 spiro atoms. The predicted octanol–water partition coefficient (Wildman–Crippen LogP) is 2.01. The van der Waals surface area contributed by atoms with Crippen molar-refractivity contribution in [2.24, 2.45) is 4.99 Å². The van der Waals surface area contributed by atoms with Crippen LogP contribution in [-0.2, 0) is 4.74 Å². The Morgan fingerprint density at radius 2 is 2.08 bits per heavy atom. The Morgan fingerprint density at radius 3 is 2.81 bits per heavy atom. The van der Waals surface area contributed by atoms with E-state index in [2.05, 4.69) is 14.9 Å². The molecule has 1 aliphatic rings. The van der Waals surface area contributed by atoms with Gasteiger partial charge in [0.05, 0.1) is 30.5 Å². The summed E-state index contributed by atoms with van der Waals surface area (Å²) < 4.78 is 6.68. The van der Waals surface area contributed by atoms with Crippen molar-refractivity contribution in [1.82, 2.24) is 14.5 Å². The van der Waals surface area contributed by atoms with Crippen molar-refractivity contribution in [3.63, 3.8) is 0 Å². The number of morpholine rings is 1. The molecule has 0 unspecified atom stereocenters. The summed E-state index contributed by atoms with van der Waals surface area (Å²) in [6, 6.07) is 6.92. The van der Waals surface area contributed by atoms with Crippen molar-refractivity contribution in [3.05, 3.63) is 50.0 Å². The van der Waals surface area contributed by atoms with Crippen molar-refractivity contribution < 1.29 is 9.84 Å². The van der Waals surface area contributed by atoms with Gasteiger partial charge < -0.3 is 9.84 Å². The summed E-state index contributed by atoms with van der Waals surface area (Å²) in [6.45, 7) is 4.48. The van der Waals surface area contributed by atoms with Gasteiger partial charge in [0.2, 0.25) is 5.88 Å². The van der Waals surface area contributed by atoms with Gasteiger partial charge in [0.1, 0.15) is 5.56 Å². The SMILES string of the molecule is O=c1[nH]c(=S)n(-c2ccccc2Cl)c(O)c1C=NCCN1CCOCC1. The minimum atomic E-state index is -0.495. The Labute approximate surface area is 160 Å². The van der Waals surface area contributed by atoms with Gasteiger partial charge in [-0.15, -0.1) is 0 Å². The highest BCUT2D eigenvalue weighted by atomic mass is 35.5. The summed E-state index contributed by atoms with van der Waals surface area (Å²) in [5.41, 5.74) is 0.0299. The monoisotopic (exact) mass is 394 g/mol. The van der Waals surface area contributed by atoms with Gasteiger partial charge in [-0.3, -0.25) is 24.2 Å². The number of H-pyrrole nitrogens is 1. The van der Waals surface area contributed by atoms with Gasteiger partial charge in [-0.1, -0.05) is 23.7 Å². The maximum atomic E-state index is 12.2. The number of aromatic hydroxyl groups is 1. The van der Waals surface area contributed by atoms with Crippen molar-refractivity contribution >= 4 is 30.0 Å². The molecule has 138 valence electrons. The average Bonchev–Trinajstić information content (AvgIpc) is 2.63. The lowest BCUT2D eigenvalue weighted by molar-refractivity contribution is 0.0395. The fourth-order valence-corrected chi connectivity index (χ4v) is 3.19. The van der Waals surface area contributed by atoms with E-state index in [0.29, 0.717) is 17.3 Å². The van der Waals surface area contributed by atoms with E-state index in [1.54, 1.807) is 24.3 Å². The molecule has 1 fully saturated rings. The molecule has 2 aromatic rings. The van der Waals surface area contributed by atoms with Crippen LogP contribution in [-0.4, -0.2) is 65.2 Å². The van der Waals surface area contributed by atoms with Crippen LogP contribution in [0.15, 0.2) is 34.1 Å². The standard InChI is InChI=1S/C17H19ClN4O3S/c18-13-3-1-2-4-14(13)22-16(24)12(15(23)20-17(22)26)11-19-5-6-21-7-9-25-10-8-21/h1-4,11,24H,5-10H2,(H,20,23,26). The van der Waals surface area contributed by atoms with Gasteiger partial charge in [0.15, 0.2) is 4.77 Å². The van der Waals surface area contributed by atoms with E-state index in [4.69, 9.17) is 28.6 Å². The Kier molecular flexibility index (Phi) is 6.20. The van der Waals surface area contributed by atoms with Crippen LogP contribution < -0.4 is 5.56 Å². The molecule has 7 nitrogen and oxygen atoms in total. The average molecular weight is 395 g/mol. The molecule has 1 aliphatic heterocycles. The van der Waals surface area contributed by atoms with Crippen molar-refractivity contribution in [2.75, 3.05) is 39.4 Å². The first-order chi connectivity index (χ1) is 12.6. The number of para-hydroxylation sites is 1. The molecule has 1 aromatic carbocycles. The molecule has 1 saturated heterocycles. The Bertz CT molecular complexity index is 919. The first-order valence-corrected chi connectivity index (χ1v) is 8.99. The van der Waals surface area contributed by atoms with Gasteiger partial charge in [-0.2, -0.15) is 0 Å². The number of hydrogen-bond donors (Lipinski definition) is 2. The molecule has 2 heterocycles. The van der Waals surface area contributed by atoms with Crippen LogP contribution in [0.3, 0.4) is 0 Å². The molecular weight excluding hydrogens is 376 g/mol. The molecule has 0 radical (unpaired) electrons. The lowest BCUT2D eigenvalue weighted by atomic mass is 10.3. The summed E-state index contributed by atoms with van der Waals surface area (Å²) >= 11 is 11.4. The van der Waals surface area contributed by atoms with Gasteiger partial charge in [0, 0.05) is 25.8 Å². The summed E-state index contributed by atoms with van der Waals surface area (Å²) in [5.74, 6) is -0.290. The number of aliphatic imine (C=N–C) groups is 1. The van der Waals surface area contributed by atoms with E-state index in [9.17, 15) is 9.90 Å². The van der Waals surface area contributed by atoms with Crippen molar-refractivity contribution in [3.8, 4) is 11.6 Å². The number of ether oxygens (including phenoxy) is 1. The summed E-state index contributed by atoms with van der Waals surface area (Å²) in [4.78, 5) is 21.2. The number of rotatable bonds is 5. The normalized spacial score (nSPS) is 15.6. The van der Waals surface area contributed by atoms with Crippen LogP contribution >= 0.6 is 23.8 Å². The van der Waals surface area contributed by atoms with Crippen molar-refractivity contribution in [1.29, 1.82) is 0 Å². The minimum absolute atomic E-state index is 0.0421. The number of aromatic amines is 1. The number of benzene rings is 1. The maximum absolute atomic E-state index is 12.2. The molecule has 1 aromatic heterocycles. The molecule has 0 saturated carbocycles. The molecular formula is C17H19ClN4O3S. The van der Waals surface area contributed by atoms with Crippen molar-refractivity contribution in [2.45, 2.75) is 0 Å². The lowest BCUT2D eigenvalue weighted by Crippen LogP contribution is -2.37. The predicted molar refractivity (Wildman–Crippen MR) is 104 cm³/mol. The van der Waals surface area contributed by atoms with Gasteiger partial charge in [-0.25, -0.2) is 0 Å². The third kappa shape index (κ3) is 4.21. The maximum Gasteiger partial charge on any atom is 0.264 e. The highest BCUT2D eigenvalue weighted by molar-refractivity contribution is 7.71. The second-order valence-corrected chi connectivity index (χ2v) is 6.57. The fraction of sp³-hybridized carbons (Fsp3) is 0.353. The number of nitrogens with zero attached hydrogens (tertiary/aromatic N) is 3. The van der Waals surface area contributed by atoms with E-state index in [1.165, 1.54) is 10.8 Å². The van der Waals surface area contributed by atoms with Gasteiger partial charge >= 0.3 is 0 Å². The van der Waals surface area contributed by atoms with Crippen LogP contribution in [0.25, 0.3) is 5.69 Å². The zero-order valence-electron chi connectivity index (χ0n) is 14.0. The van der Waals surface area contributed by atoms with Crippen LogP contribution in [0.4, 0.5) is 0 Å². The fourth-order valence-electron chi connectivity index (χ4n) is 2.69. The number of hydrogen-bond acceptors (Lipinski definition) is 6. The van der Waals surface area contributed by atoms with E-state index in [-0.39, 0.29) is 16.2 Å². The molecule has 2 N–H and O–H groups in total. The van der Waals surface area contributed by atoms with E-state index in [0.717, 1.165) is 32.8 Å². The second kappa shape index (κ2) is 8.59. The third-order valence-corrected chi connectivity index (χ3v) is 4.69. The van der Waals surface area contributed by atoms with E-state index >= 15 is 0 Å². The molecule has 26 heavy (non-hydrogen) atoms.